The SMILES string of the molecule is c1ccc2c(c1)Sc1ccc(-c3cc4ccccc4c4cc5ccccc5cc34)c3cccc-2c13. The van der Waals surface area contributed by atoms with Crippen molar-refractivity contribution in [2.24, 2.45) is 0 Å². The molecule has 1 heteroatoms. The van der Waals surface area contributed by atoms with Crippen molar-refractivity contribution in [2.45, 2.75) is 9.79 Å². The maximum absolute atomic E-state index is 2.39. The fourth-order valence-corrected chi connectivity index (χ4v) is 6.96. The Morgan fingerprint density at radius 1 is 0.343 bits per heavy atom. The monoisotopic (exact) mass is 460 g/mol. The minimum atomic E-state index is 1.28. The van der Waals surface area contributed by atoms with E-state index in [2.05, 4.69) is 121 Å². The average molecular weight is 461 g/mol. The number of benzene rings is 7. The highest BCUT2D eigenvalue weighted by molar-refractivity contribution is 7.99. The van der Waals surface area contributed by atoms with Crippen molar-refractivity contribution in [1.82, 2.24) is 0 Å². The van der Waals surface area contributed by atoms with E-state index in [9.17, 15) is 0 Å². The predicted molar refractivity (Wildman–Crippen MR) is 151 cm³/mol. The molecule has 1 aliphatic rings. The molecular weight excluding hydrogens is 440 g/mol. The average Bonchev–Trinajstić information content (AvgIpc) is 2.92. The lowest BCUT2D eigenvalue weighted by Gasteiger charge is -2.22. The molecule has 1 heterocycles. The smallest absolute Gasteiger partial charge is 0.0207 e. The molecule has 0 aromatic heterocycles. The van der Waals surface area contributed by atoms with Crippen LogP contribution in [0.15, 0.2) is 131 Å². The van der Waals surface area contributed by atoms with Gasteiger partial charge in [-0.2, -0.15) is 0 Å². The van der Waals surface area contributed by atoms with Gasteiger partial charge in [0.15, 0.2) is 0 Å². The second-order valence-electron chi connectivity index (χ2n) is 9.33. The van der Waals surface area contributed by atoms with E-state index in [0.717, 1.165) is 0 Å². The molecule has 0 amide bonds. The van der Waals surface area contributed by atoms with Gasteiger partial charge in [0.2, 0.25) is 0 Å². The summed E-state index contributed by atoms with van der Waals surface area (Å²) in [5.74, 6) is 0. The van der Waals surface area contributed by atoms with Crippen molar-refractivity contribution < 1.29 is 0 Å². The summed E-state index contributed by atoms with van der Waals surface area (Å²) in [6.45, 7) is 0. The fraction of sp³-hybridized carbons (Fsp3) is 0. The topological polar surface area (TPSA) is 0 Å². The lowest BCUT2D eigenvalue weighted by Crippen LogP contribution is -1.94. The Labute approximate surface area is 207 Å². The molecule has 7 aromatic carbocycles. The second-order valence-corrected chi connectivity index (χ2v) is 10.4. The van der Waals surface area contributed by atoms with Crippen molar-refractivity contribution in [3.63, 3.8) is 0 Å². The van der Waals surface area contributed by atoms with Gasteiger partial charge >= 0.3 is 0 Å². The van der Waals surface area contributed by atoms with Gasteiger partial charge in [-0.25, -0.2) is 0 Å². The highest BCUT2D eigenvalue weighted by Crippen LogP contribution is 2.50. The summed E-state index contributed by atoms with van der Waals surface area (Å²) in [5, 5.41) is 10.5. The van der Waals surface area contributed by atoms with E-state index in [1.54, 1.807) is 0 Å². The minimum Gasteiger partial charge on any atom is -0.0888 e. The van der Waals surface area contributed by atoms with Crippen LogP contribution >= 0.6 is 11.8 Å². The van der Waals surface area contributed by atoms with Gasteiger partial charge < -0.3 is 0 Å². The van der Waals surface area contributed by atoms with Gasteiger partial charge in [0.05, 0.1) is 0 Å². The quantitative estimate of drug-likeness (QED) is 0.173. The van der Waals surface area contributed by atoms with Crippen LogP contribution < -0.4 is 0 Å². The maximum atomic E-state index is 2.39. The fourth-order valence-electron chi connectivity index (χ4n) is 5.83. The third kappa shape index (κ3) is 2.76. The van der Waals surface area contributed by atoms with E-state index in [0.29, 0.717) is 0 Å². The summed E-state index contributed by atoms with van der Waals surface area (Å²) in [4.78, 5) is 2.68. The van der Waals surface area contributed by atoms with Gasteiger partial charge in [-0.3, -0.25) is 0 Å². The van der Waals surface area contributed by atoms with Crippen LogP contribution in [0.1, 0.15) is 0 Å². The third-order valence-electron chi connectivity index (χ3n) is 7.42. The van der Waals surface area contributed by atoms with Crippen LogP contribution in [0.3, 0.4) is 0 Å². The standard InChI is InChI=1S/C34H20S/c1-2-9-22-19-31-29(18-21(22)8-1)24-11-4-3-10-23(24)20-30(31)25-16-17-33-34-27(25)13-7-14-28(34)26-12-5-6-15-32(26)35-33/h1-20H. The summed E-state index contributed by atoms with van der Waals surface area (Å²) < 4.78 is 0. The zero-order valence-electron chi connectivity index (χ0n) is 19.0. The summed E-state index contributed by atoms with van der Waals surface area (Å²) in [6.07, 6.45) is 0. The Kier molecular flexibility index (Phi) is 3.97. The van der Waals surface area contributed by atoms with Crippen molar-refractivity contribution >= 4 is 54.9 Å². The zero-order chi connectivity index (χ0) is 22.9. The highest BCUT2D eigenvalue weighted by atomic mass is 32.2. The molecule has 0 radical (unpaired) electrons. The predicted octanol–water partition coefficient (Wildman–Crippen LogP) is 10.1. The van der Waals surface area contributed by atoms with Crippen LogP contribution in [0.2, 0.25) is 0 Å². The highest BCUT2D eigenvalue weighted by Gasteiger charge is 2.21. The molecule has 0 bridgehead atoms. The summed E-state index contributed by atoms with van der Waals surface area (Å²) in [7, 11) is 0. The van der Waals surface area contributed by atoms with Gasteiger partial charge in [-0.05, 0) is 90.3 Å². The van der Waals surface area contributed by atoms with Crippen molar-refractivity contribution in [3.05, 3.63) is 121 Å². The molecule has 0 atom stereocenters. The summed E-state index contributed by atoms with van der Waals surface area (Å²) in [6, 6.07) is 44.8. The summed E-state index contributed by atoms with van der Waals surface area (Å²) in [5.41, 5.74) is 5.28. The van der Waals surface area contributed by atoms with Gasteiger partial charge in [0.25, 0.3) is 0 Å². The Morgan fingerprint density at radius 3 is 1.91 bits per heavy atom. The first-order valence-corrected chi connectivity index (χ1v) is 12.8. The molecule has 0 spiro atoms. The minimum absolute atomic E-state index is 1.28. The van der Waals surface area contributed by atoms with E-state index >= 15 is 0 Å². The van der Waals surface area contributed by atoms with Crippen LogP contribution in [-0.4, -0.2) is 0 Å². The first kappa shape index (κ1) is 19.3. The molecule has 8 rings (SSSR count). The molecule has 35 heavy (non-hydrogen) atoms. The maximum Gasteiger partial charge on any atom is 0.0207 e. The van der Waals surface area contributed by atoms with E-state index in [1.165, 1.54) is 75.1 Å². The molecule has 1 aliphatic heterocycles. The molecule has 0 unspecified atom stereocenters. The zero-order valence-corrected chi connectivity index (χ0v) is 19.8. The van der Waals surface area contributed by atoms with Gasteiger partial charge in [0, 0.05) is 15.2 Å². The molecule has 7 aromatic rings. The van der Waals surface area contributed by atoms with E-state index in [-0.39, 0.29) is 0 Å². The van der Waals surface area contributed by atoms with Gasteiger partial charge in [-0.1, -0.05) is 103 Å². The molecule has 0 saturated heterocycles. The van der Waals surface area contributed by atoms with Crippen molar-refractivity contribution in [3.8, 4) is 22.3 Å². The molecule has 0 N–H and O–H groups in total. The van der Waals surface area contributed by atoms with Crippen LogP contribution in [0, 0.1) is 0 Å². The van der Waals surface area contributed by atoms with E-state index in [4.69, 9.17) is 0 Å². The van der Waals surface area contributed by atoms with Crippen LogP contribution in [0.25, 0.3) is 65.3 Å². The van der Waals surface area contributed by atoms with E-state index < -0.39 is 0 Å². The largest absolute Gasteiger partial charge is 0.0888 e. The second kappa shape index (κ2) is 7.21. The normalized spacial score (nSPS) is 12.5. The molecular formula is C34H20S. The summed E-state index contributed by atoms with van der Waals surface area (Å²) >= 11 is 1.89. The molecule has 0 aliphatic carbocycles. The first-order chi connectivity index (χ1) is 17.3. The lowest BCUT2D eigenvalue weighted by atomic mass is 9.88. The number of fused-ring (bicyclic) bond motifs is 6. The Morgan fingerprint density at radius 2 is 1.03 bits per heavy atom. The number of hydrogen-bond acceptors (Lipinski definition) is 1. The van der Waals surface area contributed by atoms with Crippen molar-refractivity contribution in [1.29, 1.82) is 0 Å². The Balaban J connectivity index is 1.52. The van der Waals surface area contributed by atoms with Crippen molar-refractivity contribution in [2.75, 3.05) is 0 Å². The Bertz CT molecular complexity index is 1980. The van der Waals surface area contributed by atoms with Gasteiger partial charge in [0.1, 0.15) is 0 Å². The molecule has 0 nitrogen and oxygen atoms in total. The Hall–Kier alpha value is -4.07. The molecule has 0 saturated carbocycles. The molecule has 162 valence electrons. The number of rotatable bonds is 1. The number of hydrogen-bond donors (Lipinski definition) is 0. The lowest BCUT2D eigenvalue weighted by molar-refractivity contribution is 1.40. The first-order valence-electron chi connectivity index (χ1n) is 12.0. The molecule has 0 fully saturated rings. The third-order valence-corrected chi connectivity index (χ3v) is 8.55. The van der Waals surface area contributed by atoms with Crippen LogP contribution in [0.5, 0.6) is 0 Å². The van der Waals surface area contributed by atoms with Gasteiger partial charge in [-0.15, -0.1) is 0 Å². The van der Waals surface area contributed by atoms with E-state index in [1.807, 2.05) is 11.8 Å². The van der Waals surface area contributed by atoms with Crippen LogP contribution in [0.4, 0.5) is 0 Å². The van der Waals surface area contributed by atoms with Crippen LogP contribution in [-0.2, 0) is 0 Å².